The number of nitrogens with one attached hydrogen (secondary N) is 1. The molecular formula is C13H15NO. The lowest BCUT2D eigenvalue weighted by atomic mass is 9.93. The summed E-state index contributed by atoms with van der Waals surface area (Å²) in [5.74, 6) is 0.0312. The van der Waals surface area contributed by atoms with E-state index in [1.807, 2.05) is 51.1 Å². The van der Waals surface area contributed by atoms with Crippen LogP contribution in [0.15, 0.2) is 35.9 Å². The van der Waals surface area contributed by atoms with Crippen molar-refractivity contribution in [3.05, 3.63) is 41.5 Å². The number of rotatable bonds is 1. The molecule has 15 heavy (non-hydrogen) atoms. The zero-order valence-corrected chi connectivity index (χ0v) is 9.29. The Morgan fingerprint density at radius 2 is 1.73 bits per heavy atom. The average molecular weight is 201 g/mol. The van der Waals surface area contributed by atoms with Gasteiger partial charge < -0.3 is 5.32 Å². The summed E-state index contributed by atoms with van der Waals surface area (Å²) >= 11 is 0. The molecule has 0 spiro atoms. The molecule has 1 heterocycles. The largest absolute Gasteiger partial charge is 0.343 e. The van der Waals surface area contributed by atoms with E-state index in [9.17, 15) is 4.79 Å². The SMILES string of the molecule is CC1=C(c2ccccc2)C(=O)NC1(C)C. The van der Waals surface area contributed by atoms with Crippen LogP contribution in [-0.4, -0.2) is 11.4 Å². The summed E-state index contributed by atoms with van der Waals surface area (Å²) in [4.78, 5) is 11.8. The molecule has 0 atom stereocenters. The monoisotopic (exact) mass is 201 g/mol. The molecule has 0 saturated carbocycles. The standard InChI is InChI=1S/C13H15NO/c1-9-11(10-7-5-4-6-8-10)12(15)14-13(9,2)3/h4-8H,1-3H3,(H,14,15). The van der Waals surface area contributed by atoms with E-state index in [0.29, 0.717) is 0 Å². The van der Waals surface area contributed by atoms with Gasteiger partial charge in [0.05, 0.1) is 5.54 Å². The number of benzene rings is 1. The lowest BCUT2D eigenvalue weighted by Gasteiger charge is -2.19. The molecule has 1 aromatic carbocycles. The second-order valence-electron chi connectivity index (χ2n) is 4.45. The van der Waals surface area contributed by atoms with E-state index in [-0.39, 0.29) is 11.4 Å². The van der Waals surface area contributed by atoms with E-state index < -0.39 is 0 Å². The Hall–Kier alpha value is -1.57. The smallest absolute Gasteiger partial charge is 0.252 e. The van der Waals surface area contributed by atoms with E-state index in [2.05, 4.69) is 5.32 Å². The molecule has 0 unspecified atom stereocenters. The quantitative estimate of drug-likeness (QED) is 0.742. The van der Waals surface area contributed by atoms with Crippen molar-refractivity contribution in [3.8, 4) is 0 Å². The van der Waals surface area contributed by atoms with Gasteiger partial charge >= 0.3 is 0 Å². The molecule has 0 fully saturated rings. The predicted molar refractivity (Wildman–Crippen MR) is 61.3 cm³/mol. The third-order valence-electron chi connectivity index (χ3n) is 3.03. The van der Waals surface area contributed by atoms with Gasteiger partial charge in [0, 0.05) is 5.57 Å². The van der Waals surface area contributed by atoms with Crippen LogP contribution in [0, 0.1) is 0 Å². The van der Waals surface area contributed by atoms with Crippen LogP contribution < -0.4 is 5.32 Å². The molecule has 0 saturated heterocycles. The molecule has 2 heteroatoms. The fourth-order valence-electron chi connectivity index (χ4n) is 1.88. The second-order valence-corrected chi connectivity index (χ2v) is 4.45. The fraction of sp³-hybridized carbons (Fsp3) is 0.308. The highest BCUT2D eigenvalue weighted by Crippen LogP contribution is 2.32. The highest BCUT2D eigenvalue weighted by atomic mass is 16.2. The Morgan fingerprint density at radius 3 is 2.20 bits per heavy atom. The Labute approximate surface area is 90.0 Å². The molecule has 0 aliphatic carbocycles. The summed E-state index contributed by atoms with van der Waals surface area (Å²) in [7, 11) is 0. The van der Waals surface area contributed by atoms with E-state index >= 15 is 0 Å². The van der Waals surface area contributed by atoms with Gasteiger partial charge in [0.15, 0.2) is 0 Å². The summed E-state index contributed by atoms with van der Waals surface area (Å²) in [5, 5.41) is 2.98. The average Bonchev–Trinajstić information content (AvgIpc) is 2.38. The van der Waals surface area contributed by atoms with Crippen LogP contribution in [0.2, 0.25) is 0 Å². The number of carbonyl (C=O) groups is 1. The van der Waals surface area contributed by atoms with Gasteiger partial charge in [-0.25, -0.2) is 0 Å². The molecule has 2 nitrogen and oxygen atoms in total. The highest BCUT2D eigenvalue weighted by Gasteiger charge is 2.35. The Balaban J connectivity index is 2.54. The first-order chi connectivity index (χ1) is 7.02. The van der Waals surface area contributed by atoms with Crippen LogP contribution >= 0.6 is 0 Å². The minimum Gasteiger partial charge on any atom is -0.343 e. The van der Waals surface area contributed by atoms with Gasteiger partial charge in [0.1, 0.15) is 0 Å². The van der Waals surface area contributed by atoms with Gasteiger partial charge in [-0.2, -0.15) is 0 Å². The first-order valence-electron chi connectivity index (χ1n) is 5.11. The van der Waals surface area contributed by atoms with Crippen molar-refractivity contribution in [2.24, 2.45) is 0 Å². The first-order valence-corrected chi connectivity index (χ1v) is 5.11. The highest BCUT2D eigenvalue weighted by molar-refractivity contribution is 6.23. The molecule has 1 N–H and O–H groups in total. The van der Waals surface area contributed by atoms with Crippen LogP contribution in [0.3, 0.4) is 0 Å². The zero-order valence-electron chi connectivity index (χ0n) is 9.29. The zero-order chi connectivity index (χ0) is 11.1. The van der Waals surface area contributed by atoms with Crippen LogP contribution in [-0.2, 0) is 4.79 Å². The Morgan fingerprint density at radius 1 is 1.13 bits per heavy atom. The van der Waals surface area contributed by atoms with E-state index in [0.717, 1.165) is 16.7 Å². The number of carbonyl (C=O) groups excluding carboxylic acids is 1. The van der Waals surface area contributed by atoms with Crippen LogP contribution in [0.25, 0.3) is 5.57 Å². The van der Waals surface area contributed by atoms with Gasteiger partial charge in [-0.3, -0.25) is 4.79 Å². The predicted octanol–water partition coefficient (Wildman–Crippen LogP) is 2.37. The van der Waals surface area contributed by atoms with Crippen molar-refractivity contribution in [3.63, 3.8) is 0 Å². The minimum atomic E-state index is -0.220. The molecule has 1 aliphatic rings. The third-order valence-corrected chi connectivity index (χ3v) is 3.03. The number of amides is 1. The Kier molecular flexibility index (Phi) is 2.14. The fourth-order valence-corrected chi connectivity index (χ4v) is 1.88. The number of hydrogen-bond acceptors (Lipinski definition) is 1. The summed E-state index contributed by atoms with van der Waals surface area (Å²) in [6, 6.07) is 9.81. The molecule has 1 aliphatic heterocycles. The molecule has 78 valence electrons. The van der Waals surface area contributed by atoms with Crippen molar-refractivity contribution in [2.75, 3.05) is 0 Å². The van der Waals surface area contributed by atoms with Gasteiger partial charge in [-0.1, -0.05) is 30.3 Å². The Bertz CT molecular complexity index is 429. The number of hydrogen-bond donors (Lipinski definition) is 1. The maximum Gasteiger partial charge on any atom is 0.252 e. The normalized spacial score (nSPS) is 19.3. The van der Waals surface area contributed by atoms with E-state index in [1.54, 1.807) is 0 Å². The lowest BCUT2D eigenvalue weighted by molar-refractivity contribution is -0.115. The summed E-state index contributed by atoms with van der Waals surface area (Å²) in [5.41, 5.74) is 2.71. The molecule has 0 aromatic heterocycles. The van der Waals surface area contributed by atoms with Crippen LogP contribution in [0.4, 0.5) is 0 Å². The molecule has 1 aromatic rings. The van der Waals surface area contributed by atoms with Gasteiger partial charge in [-0.15, -0.1) is 0 Å². The topological polar surface area (TPSA) is 29.1 Å². The maximum atomic E-state index is 11.8. The third kappa shape index (κ3) is 1.56. The molecule has 0 radical (unpaired) electrons. The molecule has 2 rings (SSSR count). The van der Waals surface area contributed by atoms with Crippen molar-refractivity contribution in [1.82, 2.24) is 5.32 Å². The van der Waals surface area contributed by atoms with Crippen molar-refractivity contribution in [2.45, 2.75) is 26.3 Å². The van der Waals surface area contributed by atoms with Crippen molar-refractivity contribution in [1.29, 1.82) is 0 Å². The molecular weight excluding hydrogens is 186 g/mol. The minimum absolute atomic E-state index is 0.0312. The van der Waals surface area contributed by atoms with Crippen molar-refractivity contribution >= 4 is 11.5 Å². The van der Waals surface area contributed by atoms with Gasteiger partial charge in [0.25, 0.3) is 5.91 Å². The van der Waals surface area contributed by atoms with Gasteiger partial charge in [0.2, 0.25) is 0 Å². The lowest BCUT2D eigenvalue weighted by Crippen LogP contribution is -2.37. The van der Waals surface area contributed by atoms with Gasteiger partial charge in [-0.05, 0) is 31.9 Å². The maximum absolute atomic E-state index is 11.8. The van der Waals surface area contributed by atoms with E-state index in [1.165, 1.54) is 0 Å². The van der Waals surface area contributed by atoms with E-state index in [4.69, 9.17) is 0 Å². The summed E-state index contributed by atoms with van der Waals surface area (Å²) < 4.78 is 0. The summed E-state index contributed by atoms with van der Waals surface area (Å²) in [6.45, 7) is 6.06. The van der Waals surface area contributed by atoms with Crippen LogP contribution in [0.1, 0.15) is 26.3 Å². The first kappa shape index (κ1) is 9.97. The van der Waals surface area contributed by atoms with Crippen molar-refractivity contribution < 1.29 is 4.79 Å². The molecule has 1 amide bonds. The summed E-state index contributed by atoms with van der Waals surface area (Å²) in [6.07, 6.45) is 0. The second kappa shape index (κ2) is 3.23. The molecule has 0 bridgehead atoms. The van der Waals surface area contributed by atoms with Crippen LogP contribution in [0.5, 0.6) is 0 Å².